The van der Waals surface area contributed by atoms with E-state index in [0.717, 1.165) is 10.9 Å². The first-order valence-corrected chi connectivity index (χ1v) is 4.69. The summed E-state index contributed by atoms with van der Waals surface area (Å²) in [6.07, 6.45) is 1.97. The van der Waals surface area contributed by atoms with Crippen molar-refractivity contribution in [2.45, 2.75) is 0 Å². The SMILES string of the molecule is COC(=O)c1ccc2c(ccc[n+]2C)c1. The molecule has 1 aromatic heterocycles. The van der Waals surface area contributed by atoms with Gasteiger partial charge in [0.1, 0.15) is 7.05 Å². The van der Waals surface area contributed by atoms with Gasteiger partial charge in [-0.05, 0) is 18.2 Å². The molecule has 15 heavy (non-hydrogen) atoms. The number of methoxy groups -OCH3 is 1. The number of carbonyl (C=O) groups excluding carboxylic acids is 1. The Kier molecular flexibility index (Phi) is 2.37. The van der Waals surface area contributed by atoms with Crippen molar-refractivity contribution in [3.05, 3.63) is 42.1 Å². The smallest absolute Gasteiger partial charge is 0.337 e. The number of rotatable bonds is 1. The van der Waals surface area contributed by atoms with E-state index in [2.05, 4.69) is 4.74 Å². The Balaban J connectivity index is 2.62. The number of carbonyl (C=O) groups is 1. The van der Waals surface area contributed by atoms with Crippen LogP contribution in [0.15, 0.2) is 36.5 Å². The van der Waals surface area contributed by atoms with Crippen LogP contribution in [0.25, 0.3) is 10.9 Å². The highest BCUT2D eigenvalue weighted by Crippen LogP contribution is 2.12. The van der Waals surface area contributed by atoms with E-state index in [9.17, 15) is 4.79 Å². The zero-order valence-electron chi connectivity index (χ0n) is 8.73. The second kappa shape index (κ2) is 3.69. The molecule has 0 fully saturated rings. The third-order valence-electron chi connectivity index (χ3n) is 2.41. The quantitative estimate of drug-likeness (QED) is 0.517. The number of nitrogens with zero attached hydrogens (tertiary/aromatic N) is 1. The molecule has 3 heteroatoms. The zero-order chi connectivity index (χ0) is 10.8. The minimum atomic E-state index is -0.302. The maximum absolute atomic E-state index is 11.3. The Hall–Kier alpha value is -1.90. The average Bonchev–Trinajstić information content (AvgIpc) is 2.28. The first kappa shape index (κ1) is 9.65. The summed E-state index contributed by atoms with van der Waals surface area (Å²) >= 11 is 0. The van der Waals surface area contributed by atoms with Gasteiger partial charge in [-0.1, -0.05) is 0 Å². The van der Waals surface area contributed by atoms with Crippen LogP contribution < -0.4 is 4.57 Å². The van der Waals surface area contributed by atoms with Crippen LogP contribution in [0.4, 0.5) is 0 Å². The van der Waals surface area contributed by atoms with E-state index in [-0.39, 0.29) is 5.97 Å². The van der Waals surface area contributed by atoms with E-state index < -0.39 is 0 Å². The average molecular weight is 202 g/mol. The van der Waals surface area contributed by atoms with Gasteiger partial charge in [-0.15, -0.1) is 0 Å². The van der Waals surface area contributed by atoms with Crippen molar-refractivity contribution in [1.82, 2.24) is 0 Å². The fourth-order valence-corrected chi connectivity index (χ4v) is 1.61. The van der Waals surface area contributed by atoms with Crippen LogP contribution >= 0.6 is 0 Å². The molecule has 0 bridgehead atoms. The second-order valence-electron chi connectivity index (χ2n) is 3.38. The predicted octanol–water partition coefficient (Wildman–Crippen LogP) is 1.45. The topological polar surface area (TPSA) is 30.2 Å². The van der Waals surface area contributed by atoms with Crippen LogP contribution in [-0.2, 0) is 11.8 Å². The van der Waals surface area contributed by atoms with Crippen molar-refractivity contribution in [1.29, 1.82) is 0 Å². The minimum Gasteiger partial charge on any atom is -0.465 e. The van der Waals surface area contributed by atoms with Crippen LogP contribution in [0.2, 0.25) is 0 Å². The van der Waals surface area contributed by atoms with E-state index in [0.29, 0.717) is 5.56 Å². The highest BCUT2D eigenvalue weighted by atomic mass is 16.5. The van der Waals surface area contributed by atoms with Gasteiger partial charge in [0, 0.05) is 17.5 Å². The monoisotopic (exact) mass is 202 g/mol. The lowest BCUT2D eigenvalue weighted by atomic mass is 10.1. The standard InChI is InChI=1S/C12H12NO2/c1-13-7-3-4-9-8-10(12(14)15-2)5-6-11(9)13/h3-8H,1-2H3/q+1. The van der Waals surface area contributed by atoms with Gasteiger partial charge >= 0.3 is 5.97 Å². The summed E-state index contributed by atoms with van der Waals surface area (Å²) in [6, 6.07) is 9.45. The van der Waals surface area contributed by atoms with Crippen LogP contribution in [-0.4, -0.2) is 13.1 Å². The number of hydrogen-bond donors (Lipinski definition) is 0. The third-order valence-corrected chi connectivity index (χ3v) is 2.41. The Morgan fingerprint density at radius 1 is 1.33 bits per heavy atom. The lowest BCUT2D eigenvalue weighted by molar-refractivity contribution is -0.644. The molecule has 0 spiro atoms. The summed E-state index contributed by atoms with van der Waals surface area (Å²) in [4.78, 5) is 11.3. The molecule has 0 atom stereocenters. The van der Waals surface area contributed by atoms with Crippen LogP contribution in [0.1, 0.15) is 10.4 Å². The maximum atomic E-state index is 11.3. The summed E-state index contributed by atoms with van der Waals surface area (Å²) in [6.45, 7) is 0. The molecule has 0 radical (unpaired) electrons. The molecule has 2 aromatic rings. The largest absolute Gasteiger partial charge is 0.465 e. The molecule has 1 heterocycles. The molecular formula is C12H12NO2+. The molecule has 1 aromatic carbocycles. The van der Waals surface area contributed by atoms with Gasteiger partial charge in [0.15, 0.2) is 6.20 Å². The van der Waals surface area contributed by atoms with Crippen molar-refractivity contribution < 1.29 is 14.1 Å². The lowest BCUT2D eigenvalue weighted by Gasteiger charge is -2.00. The first-order chi connectivity index (χ1) is 7.22. The number of fused-ring (bicyclic) bond motifs is 1. The summed E-state index contributed by atoms with van der Waals surface area (Å²) in [7, 11) is 3.36. The predicted molar refractivity (Wildman–Crippen MR) is 56.5 cm³/mol. The van der Waals surface area contributed by atoms with Crippen LogP contribution in [0.5, 0.6) is 0 Å². The number of pyridine rings is 1. The molecule has 0 aliphatic rings. The van der Waals surface area contributed by atoms with Crippen molar-refractivity contribution in [2.24, 2.45) is 7.05 Å². The van der Waals surface area contributed by atoms with E-state index in [4.69, 9.17) is 0 Å². The van der Waals surface area contributed by atoms with Gasteiger partial charge in [0.2, 0.25) is 5.52 Å². The van der Waals surface area contributed by atoms with Crippen LogP contribution in [0.3, 0.4) is 0 Å². The number of aromatic nitrogens is 1. The van der Waals surface area contributed by atoms with E-state index in [1.54, 1.807) is 6.07 Å². The normalized spacial score (nSPS) is 10.3. The first-order valence-electron chi connectivity index (χ1n) is 4.69. The fraction of sp³-hybridized carbons (Fsp3) is 0.167. The number of esters is 1. The van der Waals surface area contributed by atoms with Crippen molar-refractivity contribution in [2.75, 3.05) is 7.11 Å². The molecule has 3 nitrogen and oxygen atoms in total. The molecule has 0 unspecified atom stereocenters. The van der Waals surface area contributed by atoms with Crippen molar-refractivity contribution in [3.63, 3.8) is 0 Å². The van der Waals surface area contributed by atoms with Gasteiger partial charge in [0.05, 0.1) is 12.7 Å². The molecule has 0 saturated carbocycles. The molecule has 0 N–H and O–H groups in total. The van der Waals surface area contributed by atoms with Gasteiger partial charge in [-0.2, -0.15) is 0 Å². The van der Waals surface area contributed by atoms with Crippen LogP contribution in [0, 0.1) is 0 Å². The molecule has 2 rings (SSSR count). The Labute approximate surface area is 87.9 Å². The Morgan fingerprint density at radius 3 is 2.87 bits per heavy atom. The van der Waals surface area contributed by atoms with E-state index in [1.807, 2.05) is 42.1 Å². The zero-order valence-corrected chi connectivity index (χ0v) is 8.73. The van der Waals surface area contributed by atoms with E-state index >= 15 is 0 Å². The Bertz CT molecular complexity index is 520. The fourth-order valence-electron chi connectivity index (χ4n) is 1.61. The Morgan fingerprint density at radius 2 is 2.13 bits per heavy atom. The van der Waals surface area contributed by atoms with E-state index in [1.165, 1.54) is 7.11 Å². The van der Waals surface area contributed by atoms with Gasteiger partial charge in [-0.25, -0.2) is 9.36 Å². The maximum Gasteiger partial charge on any atom is 0.337 e. The summed E-state index contributed by atoms with van der Waals surface area (Å²) < 4.78 is 6.68. The summed E-state index contributed by atoms with van der Waals surface area (Å²) in [5, 5.41) is 1.03. The number of aryl methyl sites for hydroxylation is 1. The van der Waals surface area contributed by atoms with Gasteiger partial charge < -0.3 is 4.74 Å². The summed E-state index contributed by atoms with van der Waals surface area (Å²) in [5.74, 6) is -0.302. The molecule has 76 valence electrons. The molecule has 0 aliphatic carbocycles. The number of benzene rings is 1. The van der Waals surface area contributed by atoms with Gasteiger partial charge in [0.25, 0.3) is 0 Å². The molecule has 0 amide bonds. The molecule has 0 aliphatic heterocycles. The van der Waals surface area contributed by atoms with Crippen molar-refractivity contribution >= 4 is 16.9 Å². The summed E-state index contributed by atoms with van der Waals surface area (Å²) in [5.41, 5.74) is 1.67. The lowest BCUT2D eigenvalue weighted by Crippen LogP contribution is -2.27. The number of ether oxygens (including phenoxy) is 1. The number of hydrogen-bond acceptors (Lipinski definition) is 2. The molecule has 0 saturated heterocycles. The minimum absolute atomic E-state index is 0.302. The van der Waals surface area contributed by atoms with Crippen molar-refractivity contribution in [3.8, 4) is 0 Å². The van der Waals surface area contributed by atoms with Gasteiger partial charge in [-0.3, -0.25) is 0 Å². The molecular weight excluding hydrogens is 190 g/mol. The third kappa shape index (κ3) is 1.68. The second-order valence-corrected chi connectivity index (χ2v) is 3.38. The highest BCUT2D eigenvalue weighted by Gasteiger charge is 2.09. The highest BCUT2D eigenvalue weighted by molar-refractivity contribution is 5.93.